The minimum absolute atomic E-state index is 0.577. The monoisotopic (exact) mass is 320 g/mol. The van der Waals surface area contributed by atoms with Crippen molar-refractivity contribution in [1.82, 2.24) is 0 Å². The molecule has 0 bridgehead atoms. The van der Waals surface area contributed by atoms with Crippen LogP contribution in [0.5, 0.6) is 5.75 Å². The lowest BCUT2D eigenvalue weighted by molar-refractivity contribution is -0.117. The molecule has 23 heavy (non-hydrogen) atoms. The van der Waals surface area contributed by atoms with E-state index in [4.69, 9.17) is 9.16 Å². The van der Waals surface area contributed by atoms with Gasteiger partial charge in [-0.3, -0.25) is 0 Å². The van der Waals surface area contributed by atoms with Gasteiger partial charge in [-0.05, 0) is 17.7 Å². The molecule has 3 aromatic carbocycles. The summed E-state index contributed by atoms with van der Waals surface area (Å²) < 4.78 is 12.4. The fourth-order valence-corrected chi connectivity index (χ4v) is 3.13. The van der Waals surface area contributed by atoms with E-state index in [1.807, 2.05) is 66.7 Å². The van der Waals surface area contributed by atoms with Crippen LogP contribution in [0.15, 0.2) is 91.0 Å². The molecule has 3 rings (SSSR count). The van der Waals surface area contributed by atoms with Crippen LogP contribution in [0.3, 0.4) is 0 Å². The Balaban J connectivity index is 2.00. The van der Waals surface area contributed by atoms with Gasteiger partial charge in [0.15, 0.2) is 10.5 Å². The van der Waals surface area contributed by atoms with Crippen LogP contribution in [-0.4, -0.2) is 10.5 Å². The first-order chi connectivity index (χ1) is 11.3. The van der Waals surface area contributed by atoms with Crippen molar-refractivity contribution in [3.63, 3.8) is 0 Å². The molecule has 0 amide bonds. The molecule has 1 unspecified atom stereocenters. The van der Waals surface area contributed by atoms with Crippen LogP contribution in [0, 0.1) is 0 Å². The van der Waals surface area contributed by atoms with Crippen LogP contribution in [0.2, 0.25) is 0 Å². The first kappa shape index (κ1) is 15.5. The van der Waals surface area contributed by atoms with Gasteiger partial charge in [0.1, 0.15) is 5.75 Å². The van der Waals surface area contributed by atoms with Gasteiger partial charge < -0.3 is 9.16 Å². The molecule has 3 heteroatoms. The van der Waals surface area contributed by atoms with Gasteiger partial charge in [0.2, 0.25) is 5.79 Å². The molecular weight excluding hydrogens is 300 g/mol. The maximum atomic E-state index is 6.35. The van der Waals surface area contributed by atoms with Gasteiger partial charge >= 0.3 is 0 Å². The topological polar surface area (TPSA) is 18.5 Å². The smallest absolute Gasteiger partial charge is 0.231 e. The zero-order valence-corrected chi connectivity index (χ0v) is 15.2. The minimum atomic E-state index is -0.795. The summed E-state index contributed by atoms with van der Waals surface area (Å²) >= 11 is 0. The summed E-state index contributed by atoms with van der Waals surface area (Å²) in [6, 6.07) is 30.3. The summed E-state index contributed by atoms with van der Waals surface area (Å²) in [6.07, 6.45) is 0.663. The van der Waals surface area contributed by atoms with E-state index in [-0.39, 0.29) is 0 Å². The number of ether oxygens (including phenoxy) is 1. The van der Waals surface area contributed by atoms with E-state index in [0.717, 1.165) is 11.3 Å². The predicted molar refractivity (Wildman–Crippen MR) is 96.4 cm³/mol. The van der Waals surface area contributed by atoms with Gasteiger partial charge in [-0.2, -0.15) is 0 Å². The molecule has 0 saturated carbocycles. The second-order valence-corrected chi connectivity index (χ2v) is 5.81. The van der Waals surface area contributed by atoms with E-state index in [0.29, 0.717) is 16.9 Å². The Morgan fingerprint density at radius 1 is 0.696 bits per heavy atom. The van der Waals surface area contributed by atoms with Gasteiger partial charge in [-0.25, -0.2) is 0 Å². The Morgan fingerprint density at radius 2 is 1.22 bits per heavy atom. The standard InChI is InChI=1S/C20H20O2Si/c23-22-20(18-12-6-2-7-13-18,16-17-10-4-1-5-11-17)21-19-14-8-3-9-15-19/h1-15H,16H2,23H3. The molecule has 0 fully saturated rings. The van der Waals surface area contributed by atoms with Crippen LogP contribution >= 0.6 is 0 Å². The van der Waals surface area contributed by atoms with Crippen LogP contribution in [-0.2, 0) is 16.6 Å². The molecule has 0 heterocycles. The van der Waals surface area contributed by atoms with Crippen molar-refractivity contribution < 1.29 is 9.16 Å². The van der Waals surface area contributed by atoms with Crippen molar-refractivity contribution in [2.45, 2.75) is 12.2 Å². The SMILES string of the molecule is [SiH3]OC(Cc1ccccc1)(Oc1ccccc1)c1ccccc1. The van der Waals surface area contributed by atoms with E-state index in [1.54, 1.807) is 0 Å². The van der Waals surface area contributed by atoms with Crippen molar-refractivity contribution >= 4 is 10.5 Å². The molecule has 0 aliphatic carbocycles. The number of benzene rings is 3. The van der Waals surface area contributed by atoms with Gasteiger partial charge in [-0.15, -0.1) is 0 Å². The first-order valence-electron chi connectivity index (χ1n) is 7.71. The van der Waals surface area contributed by atoms with Gasteiger partial charge in [0, 0.05) is 12.0 Å². The Kier molecular flexibility index (Phi) is 4.91. The van der Waals surface area contributed by atoms with Crippen LogP contribution in [0.25, 0.3) is 0 Å². The van der Waals surface area contributed by atoms with E-state index >= 15 is 0 Å². The molecule has 0 aliphatic heterocycles. The fourth-order valence-electron chi connectivity index (χ4n) is 2.66. The van der Waals surface area contributed by atoms with Crippen molar-refractivity contribution in [2.75, 3.05) is 0 Å². The first-order valence-corrected chi connectivity index (χ1v) is 8.53. The second kappa shape index (κ2) is 7.27. The summed E-state index contributed by atoms with van der Waals surface area (Å²) in [6.45, 7) is 0. The highest BCUT2D eigenvalue weighted by Gasteiger charge is 2.34. The van der Waals surface area contributed by atoms with E-state index in [1.165, 1.54) is 5.56 Å². The molecule has 1 atom stereocenters. The average molecular weight is 320 g/mol. The zero-order chi connectivity index (χ0) is 16.0. The Labute approximate surface area is 140 Å². The fraction of sp³-hybridized carbons (Fsp3) is 0.100. The number of hydrogen-bond acceptors (Lipinski definition) is 2. The van der Waals surface area contributed by atoms with Gasteiger partial charge in [0.05, 0.1) is 0 Å². The van der Waals surface area contributed by atoms with Crippen molar-refractivity contribution in [3.05, 3.63) is 102 Å². The lowest BCUT2D eigenvalue weighted by Gasteiger charge is -2.34. The molecule has 0 radical (unpaired) electrons. The van der Waals surface area contributed by atoms with Gasteiger partial charge in [-0.1, -0.05) is 78.9 Å². The van der Waals surface area contributed by atoms with Crippen molar-refractivity contribution in [2.24, 2.45) is 0 Å². The quantitative estimate of drug-likeness (QED) is 0.511. The Morgan fingerprint density at radius 3 is 1.78 bits per heavy atom. The summed E-state index contributed by atoms with van der Waals surface area (Å²) in [5, 5.41) is 0. The molecule has 3 aromatic rings. The third kappa shape index (κ3) is 3.70. The van der Waals surface area contributed by atoms with E-state index in [2.05, 4.69) is 24.3 Å². The maximum absolute atomic E-state index is 6.35. The Bertz CT molecular complexity index is 673. The lowest BCUT2D eigenvalue weighted by atomic mass is 9.97. The molecule has 0 aliphatic rings. The third-order valence-corrected chi connectivity index (χ3v) is 4.51. The van der Waals surface area contributed by atoms with Gasteiger partial charge in [0.25, 0.3) is 0 Å². The summed E-state index contributed by atoms with van der Waals surface area (Å²) in [7, 11) is 0.577. The van der Waals surface area contributed by atoms with Crippen LogP contribution in [0.1, 0.15) is 11.1 Å². The minimum Gasteiger partial charge on any atom is -0.459 e. The summed E-state index contributed by atoms with van der Waals surface area (Å²) in [4.78, 5) is 0. The average Bonchev–Trinajstić information content (AvgIpc) is 2.63. The zero-order valence-electron chi connectivity index (χ0n) is 13.2. The normalized spacial score (nSPS) is 13.4. The Hall–Kier alpha value is -2.36. The maximum Gasteiger partial charge on any atom is 0.231 e. The number of hydrogen-bond donors (Lipinski definition) is 0. The lowest BCUT2D eigenvalue weighted by Crippen LogP contribution is -2.38. The summed E-state index contributed by atoms with van der Waals surface area (Å²) in [5.74, 6) is 0.0130. The molecule has 0 spiro atoms. The van der Waals surface area contributed by atoms with Crippen LogP contribution in [0.4, 0.5) is 0 Å². The largest absolute Gasteiger partial charge is 0.459 e. The number of para-hydroxylation sites is 1. The van der Waals surface area contributed by atoms with E-state index < -0.39 is 5.79 Å². The number of rotatable bonds is 6. The van der Waals surface area contributed by atoms with Crippen molar-refractivity contribution in [1.29, 1.82) is 0 Å². The molecule has 2 nitrogen and oxygen atoms in total. The third-order valence-electron chi connectivity index (χ3n) is 3.85. The molecular formula is C20H20O2Si. The summed E-state index contributed by atoms with van der Waals surface area (Å²) in [5.41, 5.74) is 2.21. The highest BCUT2D eigenvalue weighted by Crippen LogP contribution is 2.32. The predicted octanol–water partition coefficient (Wildman–Crippen LogP) is 3.46. The molecule has 0 N–H and O–H groups in total. The molecule has 0 aromatic heterocycles. The van der Waals surface area contributed by atoms with E-state index in [9.17, 15) is 0 Å². The van der Waals surface area contributed by atoms with Crippen LogP contribution < -0.4 is 4.74 Å². The molecule has 116 valence electrons. The molecule has 0 saturated heterocycles. The second-order valence-electron chi connectivity index (χ2n) is 5.40. The highest BCUT2D eigenvalue weighted by molar-refractivity contribution is 5.98. The van der Waals surface area contributed by atoms with Crippen molar-refractivity contribution in [3.8, 4) is 5.75 Å². The highest BCUT2D eigenvalue weighted by atomic mass is 28.2.